The van der Waals surface area contributed by atoms with Crippen LogP contribution in [0.2, 0.25) is 19.6 Å². The van der Waals surface area contributed by atoms with Gasteiger partial charge in [-0.2, -0.15) is 4.68 Å². The summed E-state index contributed by atoms with van der Waals surface area (Å²) in [6.45, 7) is 6.75. The number of nitrogens with zero attached hydrogens (tertiary/aromatic N) is 5. The second-order valence-electron chi connectivity index (χ2n) is 4.64. The molecule has 0 aliphatic rings. The molecule has 0 unspecified atom stereocenters. The molecule has 0 aromatic carbocycles. The zero-order chi connectivity index (χ0) is 11.1. The van der Waals surface area contributed by atoms with E-state index in [0.717, 1.165) is 11.3 Å². The fourth-order valence-corrected chi connectivity index (χ4v) is 2.14. The van der Waals surface area contributed by atoms with Crippen LogP contribution in [0.4, 0.5) is 0 Å². The zero-order valence-electron chi connectivity index (χ0n) is 9.47. The van der Waals surface area contributed by atoms with Crippen molar-refractivity contribution in [3.8, 4) is 5.95 Å². The van der Waals surface area contributed by atoms with Crippen LogP contribution in [0.15, 0.2) is 18.6 Å². The highest BCUT2D eigenvalue weighted by Gasteiger charge is 2.21. The van der Waals surface area contributed by atoms with E-state index in [9.17, 15) is 0 Å². The van der Waals surface area contributed by atoms with Gasteiger partial charge < -0.3 is 4.57 Å². The molecule has 0 aliphatic carbocycles. The molecule has 5 nitrogen and oxygen atoms in total. The Hall–Kier alpha value is -1.43. The maximum atomic E-state index is 4.22. The second kappa shape index (κ2) is 3.30. The first-order valence-corrected chi connectivity index (χ1v) is 8.39. The van der Waals surface area contributed by atoms with Crippen molar-refractivity contribution >= 4 is 13.4 Å². The summed E-state index contributed by atoms with van der Waals surface area (Å²) in [5, 5.41) is 9.41. The van der Waals surface area contributed by atoms with Crippen LogP contribution in [0.3, 0.4) is 0 Å². The monoisotopic (exact) mass is 221 g/mol. The minimum Gasteiger partial charge on any atom is -0.319 e. The summed E-state index contributed by atoms with van der Waals surface area (Å²) in [7, 11) is 0.569. The summed E-state index contributed by atoms with van der Waals surface area (Å²) in [5.74, 6) is 0.798. The van der Waals surface area contributed by atoms with E-state index in [2.05, 4.69) is 34.9 Å². The molecule has 2 rings (SSSR count). The quantitative estimate of drug-likeness (QED) is 0.696. The lowest BCUT2D eigenvalue weighted by Gasteiger charge is -2.09. The SMILES string of the molecule is Cn1ccnc1-n1cc([Si](C)(C)C)nn1. The van der Waals surface area contributed by atoms with Crippen LogP contribution >= 0.6 is 0 Å². The summed E-state index contributed by atoms with van der Waals surface area (Å²) in [6, 6.07) is 0. The van der Waals surface area contributed by atoms with Crippen molar-refractivity contribution in [2.75, 3.05) is 0 Å². The van der Waals surface area contributed by atoms with Crippen molar-refractivity contribution in [1.82, 2.24) is 24.5 Å². The van der Waals surface area contributed by atoms with Crippen molar-refractivity contribution < 1.29 is 0 Å². The fourth-order valence-electron chi connectivity index (χ4n) is 1.28. The van der Waals surface area contributed by atoms with Gasteiger partial charge in [0.05, 0.1) is 11.5 Å². The highest BCUT2D eigenvalue weighted by atomic mass is 28.3. The smallest absolute Gasteiger partial charge is 0.231 e. The van der Waals surface area contributed by atoms with Crippen LogP contribution < -0.4 is 5.32 Å². The molecule has 0 spiro atoms. The number of imidazole rings is 1. The Bertz CT molecular complexity index is 465. The largest absolute Gasteiger partial charge is 0.319 e. The number of hydrogen-bond donors (Lipinski definition) is 0. The summed E-state index contributed by atoms with van der Waals surface area (Å²) in [5.41, 5.74) is 0. The van der Waals surface area contributed by atoms with Crippen LogP contribution in [0.1, 0.15) is 0 Å². The first kappa shape index (κ1) is 10.1. The molecule has 6 heteroatoms. The number of hydrogen-bond acceptors (Lipinski definition) is 3. The van der Waals surface area contributed by atoms with E-state index in [0.29, 0.717) is 0 Å². The minimum absolute atomic E-state index is 0.798. The standard InChI is InChI=1S/C9H15N5Si/c1-13-6-5-10-9(13)14-7-8(11-12-14)15(2,3)4/h5-7H,1-4H3. The van der Waals surface area contributed by atoms with Gasteiger partial charge in [0.2, 0.25) is 5.95 Å². The molecule has 15 heavy (non-hydrogen) atoms. The lowest BCUT2D eigenvalue weighted by molar-refractivity contribution is 0.716. The molecule has 2 aromatic heterocycles. The molecule has 2 heterocycles. The Morgan fingerprint density at radius 2 is 2.00 bits per heavy atom. The molecular weight excluding hydrogens is 206 g/mol. The van der Waals surface area contributed by atoms with Crippen LogP contribution in [0, 0.1) is 0 Å². The van der Waals surface area contributed by atoms with Crippen molar-refractivity contribution in [3.63, 3.8) is 0 Å². The molecule has 0 aliphatic heterocycles. The highest BCUT2D eigenvalue weighted by Crippen LogP contribution is 2.03. The van der Waals surface area contributed by atoms with Gasteiger partial charge in [-0.05, 0) is 0 Å². The average Bonchev–Trinajstić information content (AvgIpc) is 2.69. The van der Waals surface area contributed by atoms with E-state index in [4.69, 9.17) is 0 Å². The molecule has 0 amide bonds. The van der Waals surface area contributed by atoms with Gasteiger partial charge >= 0.3 is 0 Å². The number of rotatable bonds is 2. The third kappa shape index (κ3) is 1.85. The van der Waals surface area contributed by atoms with Gasteiger partial charge in [-0.3, -0.25) is 0 Å². The highest BCUT2D eigenvalue weighted by molar-refractivity contribution is 6.88. The zero-order valence-corrected chi connectivity index (χ0v) is 10.5. The third-order valence-corrected chi connectivity index (χ3v) is 4.03. The van der Waals surface area contributed by atoms with Gasteiger partial charge in [0.15, 0.2) is 0 Å². The molecule has 0 fully saturated rings. The van der Waals surface area contributed by atoms with Crippen molar-refractivity contribution in [2.45, 2.75) is 19.6 Å². The molecule has 0 atom stereocenters. The van der Waals surface area contributed by atoms with Gasteiger partial charge in [0.1, 0.15) is 8.07 Å². The van der Waals surface area contributed by atoms with E-state index in [1.54, 1.807) is 10.9 Å². The van der Waals surface area contributed by atoms with Gasteiger partial charge in [-0.1, -0.05) is 24.9 Å². The van der Waals surface area contributed by atoms with Crippen molar-refractivity contribution in [2.24, 2.45) is 7.05 Å². The first-order chi connectivity index (χ1) is 6.98. The molecule has 0 radical (unpaired) electrons. The fraction of sp³-hybridized carbons (Fsp3) is 0.444. The summed E-state index contributed by atoms with van der Waals surface area (Å²) in [4.78, 5) is 4.22. The van der Waals surface area contributed by atoms with Crippen molar-refractivity contribution in [3.05, 3.63) is 18.6 Å². The Morgan fingerprint density at radius 1 is 1.27 bits per heavy atom. The molecule has 0 saturated heterocycles. The minimum atomic E-state index is -1.37. The van der Waals surface area contributed by atoms with Gasteiger partial charge in [-0.25, -0.2) is 4.98 Å². The average molecular weight is 221 g/mol. The van der Waals surface area contributed by atoms with E-state index in [1.165, 1.54) is 0 Å². The third-order valence-electron chi connectivity index (χ3n) is 2.26. The Kier molecular flexibility index (Phi) is 2.22. The lowest BCUT2D eigenvalue weighted by Crippen LogP contribution is -2.38. The molecule has 80 valence electrons. The summed E-state index contributed by atoms with van der Waals surface area (Å²) >= 11 is 0. The van der Waals surface area contributed by atoms with Crippen LogP contribution in [0.5, 0.6) is 0 Å². The van der Waals surface area contributed by atoms with E-state index < -0.39 is 8.07 Å². The summed E-state index contributed by atoms with van der Waals surface area (Å²) < 4.78 is 3.65. The maximum absolute atomic E-state index is 4.22. The van der Waals surface area contributed by atoms with Crippen molar-refractivity contribution in [1.29, 1.82) is 0 Å². The Morgan fingerprint density at radius 3 is 2.47 bits per heavy atom. The number of aryl methyl sites for hydroxylation is 1. The predicted octanol–water partition coefficient (Wildman–Crippen LogP) is 0.546. The molecule has 2 aromatic rings. The second-order valence-corrected chi connectivity index (χ2v) is 9.65. The molecule has 0 bridgehead atoms. The van der Waals surface area contributed by atoms with Crippen LogP contribution in [-0.4, -0.2) is 32.6 Å². The van der Waals surface area contributed by atoms with Gasteiger partial charge in [0.25, 0.3) is 0 Å². The Balaban J connectivity index is 2.41. The normalized spacial score (nSPS) is 12.0. The van der Waals surface area contributed by atoms with Crippen LogP contribution in [0.25, 0.3) is 5.95 Å². The van der Waals surface area contributed by atoms with Gasteiger partial charge in [0, 0.05) is 19.4 Å². The van der Waals surface area contributed by atoms with E-state index >= 15 is 0 Å². The maximum Gasteiger partial charge on any atom is 0.231 e. The van der Waals surface area contributed by atoms with E-state index in [1.807, 2.05) is 24.0 Å². The Labute approximate surface area is 89.8 Å². The molecule has 0 saturated carbocycles. The molecule has 0 N–H and O–H groups in total. The molecular formula is C9H15N5Si. The van der Waals surface area contributed by atoms with E-state index in [-0.39, 0.29) is 0 Å². The predicted molar refractivity (Wildman–Crippen MR) is 61.1 cm³/mol. The van der Waals surface area contributed by atoms with Crippen LogP contribution in [-0.2, 0) is 7.05 Å². The lowest BCUT2D eigenvalue weighted by atomic mass is 10.8. The topological polar surface area (TPSA) is 48.5 Å². The number of aromatic nitrogens is 5. The van der Waals surface area contributed by atoms with Gasteiger partial charge in [-0.15, -0.1) is 5.10 Å². The first-order valence-electron chi connectivity index (χ1n) is 4.89. The summed E-state index contributed by atoms with van der Waals surface area (Å²) in [6.07, 6.45) is 5.63.